The molecule has 0 aliphatic carbocycles. The van der Waals surface area contributed by atoms with Crippen LogP contribution in [-0.4, -0.2) is 44.4 Å². The van der Waals surface area contributed by atoms with Crippen molar-refractivity contribution in [2.45, 2.75) is 41.7 Å². The van der Waals surface area contributed by atoms with Gasteiger partial charge in [0, 0.05) is 11.4 Å². The summed E-state index contributed by atoms with van der Waals surface area (Å²) >= 11 is 4.83. The molecule has 8 nitrogen and oxygen atoms in total. The Balaban J connectivity index is 2.19. The van der Waals surface area contributed by atoms with Crippen molar-refractivity contribution in [2.24, 2.45) is 0 Å². The van der Waals surface area contributed by atoms with Crippen LogP contribution in [0.3, 0.4) is 0 Å². The van der Waals surface area contributed by atoms with Gasteiger partial charge in [-0.1, -0.05) is 18.7 Å². The van der Waals surface area contributed by atoms with Gasteiger partial charge in [0.15, 0.2) is 5.03 Å². The number of hydrogen-bond acceptors (Lipinski definition) is 8. The third-order valence-electron chi connectivity index (χ3n) is 3.17. The first-order valence-electron chi connectivity index (χ1n) is 7.28. The van der Waals surface area contributed by atoms with Crippen molar-refractivity contribution >= 4 is 49.4 Å². The van der Waals surface area contributed by atoms with E-state index in [0.29, 0.717) is 21.1 Å². The summed E-state index contributed by atoms with van der Waals surface area (Å²) in [7, 11) is -4.33. The minimum atomic E-state index is -4.33. The van der Waals surface area contributed by atoms with Crippen LogP contribution in [0, 0.1) is 0 Å². The molecule has 2 aromatic heterocycles. The van der Waals surface area contributed by atoms with Gasteiger partial charge in [-0.15, -0.1) is 0 Å². The highest BCUT2D eigenvalue weighted by Crippen LogP contribution is 2.32. The number of rotatable bonds is 7. The average molecular weight is 449 g/mol. The standard InChI is InChI=1S/C14H17BrN4O4S2/c1-3-11(8(2)20)24-13-10(15)7-17-14(19-13)18-9-4-5-12(16-6-9)25(21,22)23/h4-8,11,20H,3H2,1-2H3,(H,17,18,19)(H,21,22,23). The van der Waals surface area contributed by atoms with Crippen LogP contribution in [0.15, 0.2) is 39.1 Å². The zero-order valence-corrected chi connectivity index (χ0v) is 16.6. The minimum Gasteiger partial charge on any atom is -0.392 e. The van der Waals surface area contributed by atoms with E-state index in [4.69, 9.17) is 4.55 Å². The fourth-order valence-electron chi connectivity index (χ4n) is 1.90. The van der Waals surface area contributed by atoms with Crippen molar-refractivity contribution in [2.75, 3.05) is 5.32 Å². The number of aliphatic hydroxyl groups excluding tert-OH is 1. The van der Waals surface area contributed by atoms with E-state index >= 15 is 0 Å². The SMILES string of the molecule is CCC(Sc1nc(Nc2ccc(S(=O)(=O)O)nc2)ncc1Br)C(C)O. The van der Waals surface area contributed by atoms with E-state index in [1.165, 1.54) is 30.1 Å². The number of aliphatic hydroxyl groups is 1. The van der Waals surface area contributed by atoms with Crippen LogP contribution in [0.5, 0.6) is 0 Å². The van der Waals surface area contributed by atoms with Crippen LogP contribution < -0.4 is 5.32 Å². The quantitative estimate of drug-likeness (QED) is 0.332. The first-order chi connectivity index (χ1) is 11.7. The molecular formula is C14H17BrN4O4S2. The topological polar surface area (TPSA) is 125 Å². The van der Waals surface area contributed by atoms with Crippen LogP contribution in [0.2, 0.25) is 0 Å². The van der Waals surface area contributed by atoms with Crippen molar-refractivity contribution in [3.8, 4) is 0 Å². The van der Waals surface area contributed by atoms with Gasteiger partial charge in [0.05, 0.1) is 22.5 Å². The summed E-state index contributed by atoms with van der Waals surface area (Å²) in [5, 5.41) is 12.9. The third-order valence-corrected chi connectivity index (χ3v) is 6.35. The van der Waals surface area contributed by atoms with Crippen molar-refractivity contribution in [3.63, 3.8) is 0 Å². The second-order valence-corrected chi connectivity index (χ2v) is 8.59. The summed E-state index contributed by atoms with van der Waals surface area (Å²) in [6.45, 7) is 3.72. The van der Waals surface area contributed by atoms with Crippen LogP contribution in [0.4, 0.5) is 11.6 Å². The molecule has 25 heavy (non-hydrogen) atoms. The van der Waals surface area contributed by atoms with Gasteiger partial charge in [0.25, 0.3) is 0 Å². The molecule has 0 amide bonds. The van der Waals surface area contributed by atoms with Crippen molar-refractivity contribution in [1.82, 2.24) is 15.0 Å². The Morgan fingerprint density at radius 1 is 1.32 bits per heavy atom. The lowest BCUT2D eigenvalue weighted by atomic mass is 10.2. The van der Waals surface area contributed by atoms with E-state index in [1.54, 1.807) is 13.1 Å². The van der Waals surface area contributed by atoms with E-state index in [1.807, 2.05) is 6.92 Å². The molecule has 0 aliphatic heterocycles. The Morgan fingerprint density at radius 2 is 2.04 bits per heavy atom. The molecule has 0 aromatic carbocycles. The second-order valence-electron chi connectivity index (χ2n) is 5.14. The minimum absolute atomic E-state index is 0.00485. The molecule has 0 saturated heterocycles. The highest BCUT2D eigenvalue weighted by Gasteiger charge is 2.18. The monoisotopic (exact) mass is 448 g/mol. The molecular weight excluding hydrogens is 432 g/mol. The number of thioether (sulfide) groups is 1. The summed E-state index contributed by atoms with van der Waals surface area (Å²) in [5.41, 5.74) is 0.466. The molecule has 2 unspecified atom stereocenters. The van der Waals surface area contributed by atoms with Gasteiger partial charge in [-0.05, 0) is 41.4 Å². The molecule has 0 radical (unpaired) electrons. The Kier molecular flexibility index (Phi) is 6.74. The van der Waals surface area contributed by atoms with E-state index in [0.717, 1.165) is 6.42 Å². The second kappa shape index (κ2) is 8.41. The number of hydrogen-bond donors (Lipinski definition) is 3. The molecule has 0 saturated carbocycles. The summed E-state index contributed by atoms with van der Waals surface area (Å²) in [4.78, 5) is 12.2. The number of pyridine rings is 1. The lowest BCUT2D eigenvalue weighted by molar-refractivity contribution is 0.189. The van der Waals surface area contributed by atoms with Gasteiger partial charge in [0.1, 0.15) is 5.03 Å². The summed E-state index contributed by atoms with van der Waals surface area (Å²) in [6, 6.07) is 2.62. The number of aromatic nitrogens is 3. The number of anilines is 2. The Labute approximate surface area is 158 Å². The molecule has 0 bridgehead atoms. The normalized spacial score (nSPS) is 14.1. The first-order valence-corrected chi connectivity index (χ1v) is 10.4. The van der Waals surface area contributed by atoms with Gasteiger partial charge in [-0.2, -0.15) is 8.42 Å². The predicted octanol–water partition coefficient (Wildman–Crippen LogP) is 2.88. The molecule has 136 valence electrons. The zero-order valence-electron chi connectivity index (χ0n) is 13.4. The lowest BCUT2D eigenvalue weighted by Gasteiger charge is -2.17. The van der Waals surface area contributed by atoms with Gasteiger partial charge in [0.2, 0.25) is 5.95 Å². The van der Waals surface area contributed by atoms with E-state index < -0.39 is 21.2 Å². The average Bonchev–Trinajstić information content (AvgIpc) is 2.54. The van der Waals surface area contributed by atoms with E-state index in [-0.39, 0.29) is 5.25 Å². The van der Waals surface area contributed by atoms with Crippen molar-refractivity contribution < 1.29 is 18.1 Å². The maximum absolute atomic E-state index is 11.0. The van der Waals surface area contributed by atoms with Crippen LogP contribution in [0.1, 0.15) is 20.3 Å². The fraction of sp³-hybridized carbons (Fsp3) is 0.357. The van der Waals surface area contributed by atoms with Gasteiger partial charge in [-0.25, -0.2) is 15.0 Å². The van der Waals surface area contributed by atoms with Crippen LogP contribution in [-0.2, 0) is 10.1 Å². The Morgan fingerprint density at radius 3 is 2.56 bits per heavy atom. The maximum Gasteiger partial charge on any atom is 0.312 e. The first kappa shape index (κ1) is 20.0. The van der Waals surface area contributed by atoms with Crippen molar-refractivity contribution in [1.29, 1.82) is 0 Å². The smallest absolute Gasteiger partial charge is 0.312 e. The molecule has 2 atom stereocenters. The number of nitrogens with zero attached hydrogens (tertiary/aromatic N) is 3. The zero-order chi connectivity index (χ0) is 18.6. The summed E-state index contributed by atoms with van der Waals surface area (Å²) in [5.74, 6) is 0.299. The number of nitrogens with one attached hydrogen (secondary N) is 1. The van der Waals surface area contributed by atoms with Crippen molar-refractivity contribution in [3.05, 3.63) is 29.0 Å². The van der Waals surface area contributed by atoms with Gasteiger partial charge < -0.3 is 10.4 Å². The van der Waals surface area contributed by atoms with Crippen LogP contribution >= 0.6 is 27.7 Å². The summed E-state index contributed by atoms with van der Waals surface area (Å²) < 4.78 is 31.6. The molecule has 0 fully saturated rings. The number of halogens is 1. The van der Waals surface area contributed by atoms with Crippen LogP contribution in [0.25, 0.3) is 0 Å². The molecule has 2 heterocycles. The van der Waals surface area contributed by atoms with E-state index in [2.05, 4.69) is 36.2 Å². The molecule has 2 rings (SSSR count). The third kappa shape index (κ3) is 5.61. The molecule has 0 spiro atoms. The highest BCUT2D eigenvalue weighted by atomic mass is 79.9. The maximum atomic E-state index is 11.0. The largest absolute Gasteiger partial charge is 0.392 e. The molecule has 3 N–H and O–H groups in total. The molecule has 2 aromatic rings. The lowest BCUT2D eigenvalue weighted by Crippen LogP contribution is -2.18. The Bertz CT molecular complexity index is 831. The highest BCUT2D eigenvalue weighted by molar-refractivity contribution is 9.10. The van der Waals surface area contributed by atoms with E-state index in [9.17, 15) is 13.5 Å². The predicted molar refractivity (Wildman–Crippen MR) is 98.7 cm³/mol. The fourth-order valence-corrected chi connectivity index (χ4v) is 3.75. The Hall–Kier alpha value is -1.27. The molecule has 0 aliphatic rings. The summed E-state index contributed by atoms with van der Waals surface area (Å²) in [6.07, 6.45) is 3.14. The van der Waals surface area contributed by atoms with Gasteiger partial charge >= 0.3 is 10.1 Å². The molecule has 11 heteroatoms. The van der Waals surface area contributed by atoms with Gasteiger partial charge in [-0.3, -0.25) is 4.55 Å².